The molecule has 5 heterocycles. The Kier molecular flexibility index (Phi) is 5.44. The molecule has 0 N–H and O–H groups in total. The fraction of sp³-hybridized carbons (Fsp3) is 0.345. The molecule has 3 aliphatic rings. The Morgan fingerprint density at radius 3 is 2.52 bits per heavy atom. The third-order valence-corrected chi connectivity index (χ3v) is 9.57. The lowest BCUT2D eigenvalue weighted by Crippen LogP contribution is -2.48. The topological polar surface area (TPSA) is 101 Å². The number of hydrogen-bond acceptors (Lipinski definition) is 7. The molecule has 1 amide bonds. The number of imidazole rings is 1. The van der Waals surface area contributed by atoms with Crippen molar-refractivity contribution in [3.63, 3.8) is 0 Å². The molecule has 218 valence electrons. The van der Waals surface area contributed by atoms with Crippen LogP contribution in [0.15, 0.2) is 54.7 Å². The molecule has 42 heavy (non-hydrogen) atoms. The summed E-state index contributed by atoms with van der Waals surface area (Å²) in [6.07, 6.45) is 3.06. The van der Waals surface area contributed by atoms with Gasteiger partial charge in [-0.05, 0) is 42.0 Å². The molecule has 0 aliphatic carbocycles. The summed E-state index contributed by atoms with van der Waals surface area (Å²) in [5.41, 5.74) is 3.00. The van der Waals surface area contributed by atoms with Crippen molar-refractivity contribution < 1.29 is 30.8 Å². The van der Waals surface area contributed by atoms with Crippen LogP contribution in [0.2, 0.25) is 0 Å². The fourth-order valence-corrected chi connectivity index (χ4v) is 7.11. The van der Waals surface area contributed by atoms with Gasteiger partial charge >= 0.3 is 6.61 Å². The minimum atomic E-state index is -3.25. The highest BCUT2D eigenvalue weighted by molar-refractivity contribution is 7.88. The summed E-state index contributed by atoms with van der Waals surface area (Å²) in [6.45, 7) is -4.15. The average molecular weight is 598 g/mol. The first-order valence-corrected chi connectivity index (χ1v) is 15.3. The van der Waals surface area contributed by atoms with Crippen molar-refractivity contribution in [1.82, 2.24) is 23.7 Å². The molecule has 0 radical (unpaired) electrons. The number of ether oxygens (including phenoxy) is 1. The molecule has 1 fully saturated rings. The van der Waals surface area contributed by atoms with Crippen molar-refractivity contribution in [3.8, 4) is 16.9 Å². The van der Waals surface area contributed by atoms with E-state index in [0.717, 1.165) is 21.8 Å². The zero-order valence-electron chi connectivity index (χ0n) is 25.4. The monoisotopic (exact) mass is 597 g/mol. The van der Waals surface area contributed by atoms with E-state index in [1.165, 1.54) is 28.8 Å². The van der Waals surface area contributed by atoms with E-state index in [4.69, 9.17) is 13.8 Å². The zero-order valence-corrected chi connectivity index (χ0v) is 23.3. The van der Waals surface area contributed by atoms with Crippen molar-refractivity contribution in [3.05, 3.63) is 71.7 Å². The van der Waals surface area contributed by atoms with E-state index >= 15 is 0 Å². The molecular weight excluding hydrogens is 566 g/mol. The number of nitrogens with zero attached hydrogens (tertiary/aromatic N) is 6. The van der Waals surface area contributed by atoms with Crippen molar-refractivity contribution >= 4 is 32.8 Å². The van der Waals surface area contributed by atoms with Crippen LogP contribution >= 0.6 is 0 Å². The van der Waals surface area contributed by atoms with E-state index in [2.05, 4.69) is 4.98 Å². The van der Waals surface area contributed by atoms with Gasteiger partial charge in [-0.15, -0.1) is 0 Å². The van der Waals surface area contributed by atoms with Crippen LogP contribution in [0, 0.1) is 0 Å². The summed E-state index contributed by atoms with van der Waals surface area (Å²) in [5.74, 6) is 0.104. The number of aromatic nitrogens is 3. The molecule has 4 aromatic rings. The van der Waals surface area contributed by atoms with Crippen molar-refractivity contribution in [2.45, 2.75) is 25.1 Å². The first-order valence-electron chi connectivity index (χ1n) is 14.9. The number of benzene rings is 2. The van der Waals surface area contributed by atoms with E-state index < -0.39 is 41.6 Å². The largest absolute Gasteiger partial charge is 0.434 e. The van der Waals surface area contributed by atoms with Crippen LogP contribution in [0.5, 0.6) is 5.75 Å². The van der Waals surface area contributed by atoms with Gasteiger partial charge < -0.3 is 19.1 Å². The zero-order chi connectivity index (χ0) is 31.8. The lowest BCUT2D eigenvalue weighted by Gasteiger charge is -2.34. The molecule has 13 heteroatoms. The summed E-state index contributed by atoms with van der Waals surface area (Å²) >= 11 is 0. The number of piperazine rings is 1. The maximum Gasteiger partial charge on any atom is 0.387 e. The molecule has 2 atom stereocenters. The second-order valence-corrected chi connectivity index (χ2v) is 12.6. The minimum absolute atomic E-state index is 0.00223. The van der Waals surface area contributed by atoms with Crippen LogP contribution in [0.3, 0.4) is 0 Å². The molecule has 3 aliphatic heterocycles. The fourth-order valence-electron chi connectivity index (χ4n) is 6.28. The maximum atomic E-state index is 13.6. The number of sulfonamides is 1. The summed E-state index contributed by atoms with van der Waals surface area (Å²) in [4.78, 5) is 25.8. The van der Waals surface area contributed by atoms with Crippen LogP contribution in [0.1, 0.15) is 44.4 Å². The van der Waals surface area contributed by atoms with Gasteiger partial charge in [-0.25, -0.2) is 18.4 Å². The van der Waals surface area contributed by atoms with E-state index in [9.17, 15) is 22.0 Å². The predicted octanol–water partition coefficient (Wildman–Crippen LogP) is 3.90. The highest BCUT2D eigenvalue weighted by Gasteiger charge is 2.45. The van der Waals surface area contributed by atoms with Crippen molar-refractivity contribution in [2.75, 3.05) is 44.3 Å². The van der Waals surface area contributed by atoms with Crippen LogP contribution in [0.25, 0.3) is 22.2 Å². The highest BCUT2D eigenvalue weighted by atomic mass is 32.2. The van der Waals surface area contributed by atoms with E-state index in [-0.39, 0.29) is 23.3 Å². The lowest BCUT2D eigenvalue weighted by molar-refractivity contribution is -0.0507. The maximum absolute atomic E-state index is 13.6. The summed E-state index contributed by atoms with van der Waals surface area (Å²) in [6, 6.07) is 11.9. The summed E-state index contributed by atoms with van der Waals surface area (Å²) < 4.78 is 83.3. The number of pyridine rings is 1. The van der Waals surface area contributed by atoms with Gasteiger partial charge in [0, 0.05) is 66.6 Å². The van der Waals surface area contributed by atoms with Crippen molar-refractivity contribution in [1.29, 1.82) is 0 Å². The standard InChI is InChI=1S/C29H28F2N6O4S/c1-34-23-15-22(26-19(28(34)38)4-3-5-24(26)41-29(30)31)37-21-14-17(6-8-20(21)33-27(23)37)18-7-9-25(32-16-18)35-10-12-36(13-11-35)42(2,39)40/h3-9,14,16,22-23,29H,10-13,15H2,1-2H3/t22-,23-/m1/s1/i1D3. The molecule has 7 rings (SSSR count). The summed E-state index contributed by atoms with van der Waals surface area (Å²) in [5, 5.41) is 0. The molecule has 10 nitrogen and oxygen atoms in total. The highest BCUT2D eigenvalue weighted by Crippen LogP contribution is 2.50. The molecule has 0 unspecified atom stereocenters. The number of fused-ring (bicyclic) bond motifs is 9. The number of alkyl halides is 2. The average Bonchev–Trinajstić information content (AvgIpc) is 3.49. The molecule has 1 saturated heterocycles. The Morgan fingerprint density at radius 2 is 1.83 bits per heavy atom. The van der Waals surface area contributed by atoms with Crippen LogP contribution in [0.4, 0.5) is 14.6 Å². The van der Waals surface area contributed by atoms with E-state index in [1.807, 2.05) is 33.7 Å². The van der Waals surface area contributed by atoms with Crippen molar-refractivity contribution in [2.24, 2.45) is 0 Å². The number of carbonyl (C=O) groups excluding carboxylic acids is 1. The molecule has 0 spiro atoms. The van der Waals surface area contributed by atoms with Gasteiger partial charge in [0.1, 0.15) is 17.4 Å². The smallest absolute Gasteiger partial charge is 0.387 e. The second-order valence-electron chi connectivity index (χ2n) is 10.6. The number of amides is 1. The quantitative estimate of drug-likeness (QED) is 0.344. The summed E-state index contributed by atoms with van der Waals surface area (Å²) in [7, 11) is -3.25. The minimum Gasteiger partial charge on any atom is -0.434 e. The Morgan fingerprint density at radius 1 is 1.05 bits per heavy atom. The Hall–Kier alpha value is -4.10. The SMILES string of the molecule is [2H]C([2H])([2H])N1C(=O)c2cccc(OC(F)F)c2[C@H]2C[C@@H]1c1nc3ccc(-c4ccc(N5CCN(S(C)(=O)=O)CC5)nc4)cc3n12. The van der Waals surface area contributed by atoms with E-state index in [1.54, 1.807) is 12.3 Å². The lowest BCUT2D eigenvalue weighted by atomic mass is 9.97. The Balaban J connectivity index is 1.28. The van der Waals surface area contributed by atoms with Gasteiger partial charge in [-0.3, -0.25) is 4.79 Å². The van der Waals surface area contributed by atoms with Crippen LogP contribution < -0.4 is 9.64 Å². The predicted molar refractivity (Wildman–Crippen MR) is 152 cm³/mol. The normalized spacial score (nSPS) is 22.0. The number of rotatable bonds is 5. The van der Waals surface area contributed by atoms with Gasteiger partial charge in [0.15, 0.2) is 0 Å². The number of halogens is 2. The molecular formula is C29H28F2N6O4S. The van der Waals surface area contributed by atoms with Crippen LogP contribution in [-0.2, 0) is 10.0 Å². The Labute approximate surface area is 245 Å². The Bertz CT molecular complexity index is 1930. The number of hydrogen-bond donors (Lipinski definition) is 0. The molecule has 2 aromatic carbocycles. The van der Waals surface area contributed by atoms with Gasteiger partial charge in [0.05, 0.1) is 29.4 Å². The van der Waals surface area contributed by atoms with E-state index in [0.29, 0.717) is 43.0 Å². The van der Waals surface area contributed by atoms with Gasteiger partial charge in [-0.2, -0.15) is 13.1 Å². The van der Waals surface area contributed by atoms with Gasteiger partial charge in [0.25, 0.3) is 5.91 Å². The van der Waals surface area contributed by atoms with Gasteiger partial charge in [0.2, 0.25) is 10.0 Å². The first-order chi connectivity index (χ1) is 21.3. The molecule has 2 aromatic heterocycles. The van der Waals surface area contributed by atoms with Gasteiger partial charge in [-0.1, -0.05) is 12.1 Å². The van der Waals surface area contributed by atoms with Crippen LogP contribution in [-0.4, -0.2) is 84.1 Å². The molecule has 2 bridgehead atoms. The second kappa shape index (κ2) is 9.73. The number of carbonyl (C=O) groups is 1. The molecule has 0 saturated carbocycles. The third-order valence-electron chi connectivity index (χ3n) is 8.26. The first kappa shape index (κ1) is 23.5. The number of anilines is 1. The third kappa shape index (κ3) is 4.29.